The zero-order valence-electron chi connectivity index (χ0n) is 11.4. The van der Waals surface area contributed by atoms with Crippen LogP contribution in [0.2, 0.25) is 0 Å². The highest BCUT2D eigenvalue weighted by Crippen LogP contribution is 2.26. The van der Waals surface area contributed by atoms with Crippen molar-refractivity contribution >= 4 is 15.9 Å². The molecule has 0 aromatic heterocycles. The topological polar surface area (TPSA) is 9.23 Å². The Balaban J connectivity index is 2.12. The van der Waals surface area contributed by atoms with E-state index in [-0.39, 0.29) is 0 Å². The Morgan fingerprint density at radius 1 is 0.947 bits per heavy atom. The van der Waals surface area contributed by atoms with Gasteiger partial charge in [0.15, 0.2) is 0 Å². The van der Waals surface area contributed by atoms with Gasteiger partial charge in [-0.05, 0) is 42.5 Å². The third-order valence-electron chi connectivity index (χ3n) is 3.13. The number of aryl methyl sites for hydroxylation is 3. The lowest BCUT2D eigenvalue weighted by atomic mass is 10.0. The molecule has 0 amide bonds. The Kier molecular flexibility index (Phi) is 5.03. The largest absolute Gasteiger partial charge is 0.488 e. The molecule has 0 aliphatic heterocycles. The van der Waals surface area contributed by atoms with Crippen molar-refractivity contribution < 1.29 is 4.74 Å². The van der Waals surface area contributed by atoms with E-state index in [1.54, 1.807) is 0 Å². The zero-order valence-corrected chi connectivity index (χ0v) is 13.0. The average molecular weight is 319 g/mol. The normalized spacial score (nSPS) is 10.5. The maximum atomic E-state index is 5.98. The van der Waals surface area contributed by atoms with E-state index in [1.165, 1.54) is 22.3 Å². The van der Waals surface area contributed by atoms with Crippen LogP contribution < -0.4 is 4.74 Å². The first-order valence-electron chi connectivity index (χ1n) is 6.53. The van der Waals surface area contributed by atoms with E-state index >= 15 is 0 Å². The van der Waals surface area contributed by atoms with Crippen molar-refractivity contribution in [3.8, 4) is 5.75 Å². The second-order valence-electron chi connectivity index (χ2n) is 4.77. The molecular weight excluding hydrogens is 300 g/mol. The van der Waals surface area contributed by atoms with Crippen LogP contribution in [0.25, 0.3) is 0 Å². The molecule has 2 aromatic carbocycles. The van der Waals surface area contributed by atoms with Crippen molar-refractivity contribution in [3.05, 3.63) is 64.7 Å². The molecule has 0 fully saturated rings. The lowest BCUT2D eigenvalue weighted by molar-refractivity contribution is 0.302. The van der Waals surface area contributed by atoms with Crippen LogP contribution in [-0.4, -0.2) is 5.33 Å². The van der Waals surface area contributed by atoms with Gasteiger partial charge in [-0.15, -0.1) is 0 Å². The molecule has 100 valence electrons. The van der Waals surface area contributed by atoms with Gasteiger partial charge in [-0.2, -0.15) is 0 Å². The first-order chi connectivity index (χ1) is 9.20. The molecule has 0 bridgehead atoms. The smallest absolute Gasteiger partial charge is 0.125 e. The number of alkyl halides is 1. The van der Waals surface area contributed by atoms with Gasteiger partial charge in [0.05, 0.1) is 0 Å². The Labute approximate surface area is 123 Å². The molecule has 2 rings (SSSR count). The van der Waals surface area contributed by atoms with E-state index in [1.807, 2.05) is 18.2 Å². The van der Waals surface area contributed by atoms with E-state index in [0.717, 1.165) is 17.5 Å². The third kappa shape index (κ3) is 3.84. The fourth-order valence-electron chi connectivity index (χ4n) is 2.25. The summed E-state index contributed by atoms with van der Waals surface area (Å²) in [4.78, 5) is 0. The second-order valence-corrected chi connectivity index (χ2v) is 5.56. The molecule has 0 unspecified atom stereocenters. The van der Waals surface area contributed by atoms with Crippen LogP contribution in [0.15, 0.2) is 42.5 Å². The summed E-state index contributed by atoms with van der Waals surface area (Å²) in [5.41, 5.74) is 4.99. The highest BCUT2D eigenvalue weighted by atomic mass is 79.9. The predicted octanol–water partition coefficient (Wildman–Crippen LogP) is 4.82. The average Bonchev–Trinajstić information content (AvgIpc) is 2.39. The van der Waals surface area contributed by atoms with Gasteiger partial charge in [0.1, 0.15) is 12.4 Å². The molecule has 2 aromatic rings. The number of rotatable bonds is 5. The summed E-state index contributed by atoms with van der Waals surface area (Å²) >= 11 is 3.48. The van der Waals surface area contributed by atoms with Gasteiger partial charge in [0.25, 0.3) is 0 Å². The lowest BCUT2D eigenvalue weighted by Crippen LogP contribution is -2.00. The van der Waals surface area contributed by atoms with Crippen LogP contribution in [0, 0.1) is 13.8 Å². The molecule has 0 spiro atoms. The summed E-state index contributed by atoms with van der Waals surface area (Å²) in [5.74, 6) is 1.02. The Hall–Kier alpha value is -1.28. The highest BCUT2D eigenvalue weighted by molar-refractivity contribution is 9.09. The molecule has 0 aliphatic rings. The molecule has 0 atom stereocenters. The van der Waals surface area contributed by atoms with Gasteiger partial charge in [-0.1, -0.05) is 58.4 Å². The number of benzene rings is 2. The van der Waals surface area contributed by atoms with Crippen molar-refractivity contribution in [2.24, 2.45) is 0 Å². The molecule has 0 heterocycles. The van der Waals surface area contributed by atoms with Gasteiger partial charge in [0, 0.05) is 5.33 Å². The molecule has 0 aliphatic carbocycles. The number of ether oxygens (including phenoxy) is 1. The van der Waals surface area contributed by atoms with Gasteiger partial charge < -0.3 is 4.74 Å². The quantitative estimate of drug-likeness (QED) is 0.718. The van der Waals surface area contributed by atoms with E-state index in [0.29, 0.717) is 6.61 Å². The van der Waals surface area contributed by atoms with Crippen molar-refractivity contribution in [1.82, 2.24) is 0 Å². The highest BCUT2D eigenvalue weighted by Gasteiger charge is 2.06. The van der Waals surface area contributed by atoms with Crippen LogP contribution >= 0.6 is 15.9 Å². The summed E-state index contributed by atoms with van der Waals surface area (Å²) in [6, 6.07) is 14.7. The summed E-state index contributed by atoms with van der Waals surface area (Å²) in [6.07, 6.45) is 1.06. The first kappa shape index (κ1) is 14.1. The summed E-state index contributed by atoms with van der Waals surface area (Å²) in [5, 5.41) is 0.996. The molecule has 2 heteroatoms. The Bertz CT molecular complexity index is 511. The van der Waals surface area contributed by atoms with Crippen LogP contribution in [0.1, 0.15) is 22.3 Å². The number of hydrogen-bond donors (Lipinski definition) is 0. The van der Waals surface area contributed by atoms with Crippen molar-refractivity contribution in [1.29, 1.82) is 0 Å². The van der Waals surface area contributed by atoms with Gasteiger partial charge in [-0.25, -0.2) is 0 Å². The zero-order chi connectivity index (χ0) is 13.7. The van der Waals surface area contributed by atoms with Crippen molar-refractivity contribution in [2.75, 3.05) is 5.33 Å². The molecule has 1 nitrogen and oxygen atoms in total. The maximum absolute atomic E-state index is 5.98. The second kappa shape index (κ2) is 6.76. The monoisotopic (exact) mass is 318 g/mol. The fraction of sp³-hybridized carbons (Fsp3) is 0.294. The SMILES string of the molecule is Cc1cc(CCBr)cc(C)c1OCc1ccccc1. The summed E-state index contributed by atoms with van der Waals surface area (Å²) in [7, 11) is 0. The summed E-state index contributed by atoms with van der Waals surface area (Å²) in [6.45, 7) is 4.86. The molecular formula is C17H19BrO. The minimum atomic E-state index is 0.625. The van der Waals surface area contributed by atoms with Crippen molar-refractivity contribution in [3.63, 3.8) is 0 Å². The van der Waals surface area contributed by atoms with E-state index in [4.69, 9.17) is 4.74 Å². The van der Waals surface area contributed by atoms with Crippen LogP contribution in [0.3, 0.4) is 0 Å². The Morgan fingerprint density at radius 3 is 2.16 bits per heavy atom. The van der Waals surface area contributed by atoms with Crippen LogP contribution in [0.5, 0.6) is 5.75 Å². The number of halogens is 1. The first-order valence-corrected chi connectivity index (χ1v) is 7.65. The minimum Gasteiger partial charge on any atom is -0.488 e. The molecule has 0 saturated heterocycles. The van der Waals surface area contributed by atoms with Gasteiger partial charge in [0.2, 0.25) is 0 Å². The lowest BCUT2D eigenvalue weighted by Gasteiger charge is -2.14. The molecule has 0 radical (unpaired) electrons. The van der Waals surface area contributed by atoms with Crippen LogP contribution in [-0.2, 0) is 13.0 Å². The molecule has 0 N–H and O–H groups in total. The third-order valence-corrected chi connectivity index (χ3v) is 3.53. The predicted molar refractivity (Wildman–Crippen MR) is 84.2 cm³/mol. The van der Waals surface area contributed by atoms with E-state index in [9.17, 15) is 0 Å². The molecule has 19 heavy (non-hydrogen) atoms. The Morgan fingerprint density at radius 2 is 1.58 bits per heavy atom. The molecule has 0 saturated carbocycles. The number of hydrogen-bond acceptors (Lipinski definition) is 1. The van der Waals surface area contributed by atoms with Crippen molar-refractivity contribution in [2.45, 2.75) is 26.9 Å². The standard InChI is InChI=1S/C17H19BrO/c1-13-10-16(8-9-18)11-14(2)17(13)19-12-15-6-4-3-5-7-15/h3-7,10-11H,8-9,12H2,1-2H3. The van der Waals surface area contributed by atoms with Gasteiger partial charge in [-0.3, -0.25) is 0 Å². The maximum Gasteiger partial charge on any atom is 0.125 e. The fourth-order valence-corrected chi connectivity index (χ4v) is 2.71. The van der Waals surface area contributed by atoms with Gasteiger partial charge >= 0.3 is 0 Å². The summed E-state index contributed by atoms with van der Waals surface area (Å²) < 4.78 is 5.98. The van der Waals surface area contributed by atoms with E-state index in [2.05, 4.69) is 54.0 Å². The van der Waals surface area contributed by atoms with Crippen LogP contribution in [0.4, 0.5) is 0 Å². The van der Waals surface area contributed by atoms with E-state index < -0.39 is 0 Å². The minimum absolute atomic E-state index is 0.625.